The van der Waals surface area contributed by atoms with Crippen LogP contribution in [-0.4, -0.2) is 40.8 Å². The second-order valence-electron chi connectivity index (χ2n) is 8.89. The van der Waals surface area contributed by atoms with E-state index < -0.39 is 63.2 Å². The molecule has 1 aliphatic carbocycles. The van der Waals surface area contributed by atoms with Crippen molar-refractivity contribution < 1.29 is 39.2 Å². The van der Waals surface area contributed by atoms with E-state index in [-0.39, 0.29) is 16.5 Å². The highest BCUT2D eigenvalue weighted by Gasteiger charge is 2.54. The third kappa shape index (κ3) is 4.14. The Morgan fingerprint density at radius 3 is 2.35 bits per heavy atom. The summed E-state index contributed by atoms with van der Waals surface area (Å²) in [5, 5.41) is 0. The smallest absolute Gasteiger partial charge is 0.360 e. The monoisotopic (exact) mass is 514 g/mol. The first-order valence-corrected chi connectivity index (χ1v) is 11.8. The summed E-state index contributed by atoms with van der Waals surface area (Å²) in [6, 6.07) is 0.664. The summed E-state index contributed by atoms with van der Waals surface area (Å²) >= 11 is 0. The molecule has 2 aliphatic rings. The molecule has 0 spiro atoms. The zero-order valence-electron chi connectivity index (χ0n) is 17.8. The molecule has 188 valence electrons. The zero-order chi connectivity index (χ0) is 25.1. The van der Waals surface area contributed by atoms with Crippen LogP contribution >= 0.6 is 0 Å². The van der Waals surface area contributed by atoms with Gasteiger partial charge < -0.3 is 9.88 Å². The van der Waals surface area contributed by atoms with Gasteiger partial charge in [-0.3, -0.25) is 0 Å². The molecule has 0 bridgehead atoms. The number of fused-ring (bicyclic) bond motifs is 1. The van der Waals surface area contributed by atoms with Gasteiger partial charge in [-0.25, -0.2) is 17.8 Å². The number of aromatic nitrogens is 2. The van der Waals surface area contributed by atoms with Crippen molar-refractivity contribution in [2.24, 2.45) is 5.41 Å². The molecule has 2 aromatic rings. The van der Waals surface area contributed by atoms with E-state index in [1.807, 2.05) is 0 Å². The Kier molecular flexibility index (Phi) is 5.91. The van der Waals surface area contributed by atoms with Crippen molar-refractivity contribution in [3.05, 3.63) is 47.3 Å². The standard InChI is InChI=1S/C20H21F7N4O2S/c1-18(5-2-6-18)16-10-30(34(32,33)20(25,26)27)9-13-15(31(16)8-12-7-28-11-29-12)4-3-14(17(13)21)19(22,23)24/h3-4,7,11,16H,2,5-6,8-10H2,1H3,(H,28,29)/t16-/m1/s1. The van der Waals surface area contributed by atoms with Crippen LogP contribution in [0.4, 0.5) is 36.4 Å². The van der Waals surface area contributed by atoms with E-state index in [1.54, 1.807) is 6.92 Å². The van der Waals surface area contributed by atoms with E-state index in [0.717, 1.165) is 12.5 Å². The molecule has 1 atom stereocenters. The maximum absolute atomic E-state index is 15.2. The molecule has 1 aliphatic heterocycles. The number of H-pyrrole nitrogens is 1. The Hall–Kier alpha value is -2.35. The van der Waals surface area contributed by atoms with Gasteiger partial charge in [0.1, 0.15) is 5.82 Å². The highest BCUT2D eigenvalue weighted by Crippen LogP contribution is 2.50. The minimum absolute atomic E-state index is 0.0437. The Morgan fingerprint density at radius 1 is 1.18 bits per heavy atom. The molecule has 0 saturated heterocycles. The first-order valence-electron chi connectivity index (χ1n) is 10.3. The van der Waals surface area contributed by atoms with Crippen molar-refractivity contribution in [3.63, 3.8) is 0 Å². The number of hydrogen-bond acceptors (Lipinski definition) is 4. The van der Waals surface area contributed by atoms with Crippen molar-refractivity contribution in [2.75, 3.05) is 11.4 Å². The van der Waals surface area contributed by atoms with Gasteiger partial charge in [-0.2, -0.15) is 30.6 Å². The lowest BCUT2D eigenvalue weighted by molar-refractivity contribution is -0.140. The number of rotatable bonds is 4. The van der Waals surface area contributed by atoms with Crippen LogP contribution in [0.3, 0.4) is 0 Å². The lowest BCUT2D eigenvalue weighted by Gasteiger charge is -2.50. The number of benzene rings is 1. The predicted octanol–water partition coefficient (Wildman–Crippen LogP) is 4.80. The molecule has 0 unspecified atom stereocenters. The van der Waals surface area contributed by atoms with Gasteiger partial charge in [0, 0.05) is 36.6 Å². The SMILES string of the molecule is CC1([C@H]2CN(S(=O)(=O)C(F)(F)F)Cc3c(ccc(C(F)(F)F)c3F)N2Cc2cnc[nH]2)CCC1. The van der Waals surface area contributed by atoms with Gasteiger partial charge in [0.15, 0.2) is 0 Å². The average Bonchev–Trinajstić information content (AvgIpc) is 3.13. The van der Waals surface area contributed by atoms with Crippen LogP contribution in [0, 0.1) is 11.2 Å². The fourth-order valence-electron chi connectivity index (χ4n) is 4.69. The summed E-state index contributed by atoms with van der Waals surface area (Å²) in [5.41, 5.74) is -8.38. The maximum atomic E-state index is 15.2. The molecule has 1 saturated carbocycles. The molecule has 1 fully saturated rings. The summed E-state index contributed by atoms with van der Waals surface area (Å²) in [7, 11) is -5.95. The Morgan fingerprint density at radius 2 is 1.85 bits per heavy atom. The average molecular weight is 514 g/mol. The topological polar surface area (TPSA) is 69.3 Å². The number of hydrogen-bond donors (Lipinski definition) is 1. The molecule has 4 rings (SSSR count). The second-order valence-corrected chi connectivity index (χ2v) is 10.8. The second kappa shape index (κ2) is 8.11. The van der Waals surface area contributed by atoms with Gasteiger partial charge >= 0.3 is 21.7 Å². The van der Waals surface area contributed by atoms with Gasteiger partial charge in [0.05, 0.1) is 24.1 Å². The van der Waals surface area contributed by atoms with E-state index >= 15 is 4.39 Å². The van der Waals surface area contributed by atoms with E-state index in [9.17, 15) is 34.8 Å². The predicted molar refractivity (Wildman–Crippen MR) is 107 cm³/mol. The van der Waals surface area contributed by atoms with Crippen LogP contribution in [0.15, 0.2) is 24.7 Å². The lowest BCUT2D eigenvalue weighted by atomic mass is 9.65. The van der Waals surface area contributed by atoms with Gasteiger partial charge in [0.2, 0.25) is 0 Å². The number of nitrogens with one attached hydrogen (secondary N) is 1. The Labute approximate surface area is 190 Å². The number of nitrogens with zero attached hydrogens (tertiary/aromatic N) is 3. The van der Waals surface area contributed by atoms with Gasteiger partial charge in [0.25, 0.3) is 0 Å². The highest BCUT2D eigenvalue weighted by molar-refractivity contribution is 7.89. The van der Waals surface area contributed by atoms with Crippen molar-refractivity contribution in [2.45, 2.75) is 57.0 Å². The van der Waals surface area contributed by atoms with E-state index in [2.05, 4.69) is 9.97 Å². The number of alkyl halides is 6. The van der Waals surface area contributed by atoms with Crippen LogP contribution in [0.1, 0.15) is 43.0 Å². The fourth-order valence-corrected chi connectivity index (χ4v) is 5.62. The number of sulfonamides is 1. The minimum atomic E-state index is -5.95. The van der Waals surface area contributed by atoms with Crippen LogP contribution in [-0.2, 0) is 29.3 Å². The number of imidazole rings is 1. The number of aromatic amines is 1. The molecular formula is C20H21F7N4O2S. The van der Waals surface area contributed by atoms with E-state index in [1.165, 1.54) is 17.4 Å². The van der Waals surface area contributed by atoms with Crippen LogP contribution < -0.4 is 4.90 Å². The number of halogens is 7. The summed E-state index contributed by atoms with van der Waals surface area (Å²) in [6.07, 6.45) is -0.458. The lowest BCUT2D eigenvalue weighted by Crippen LogP contribution is -2.55. The first-order chi connectivity index (χ1) is 15.6. The molecule has 6 nitrogen and oxygen atoms in total. The van der Waals surface area contributed by atoms with E-state index in [4.69, 9.17) is 0 Å². The minimum Gasteiger partial charge on any atom is -0.360 e. The normalized spacial score (nSPS) is 21.6. The van der Waals surface area contributed by atoms with Gasteiger partial charge in [-0.05, 0) is 30.4 Å². The molecule has 1 aromatic heterocycles. The van der Waals surface area contributed by atoms with Crippen molar-refractivity contribution in [1.82, 2.24) is 14.3 Å². The molecule has 2 heterocycles. The molecule has 14 heteroatoms. The maximum Gasteiger partial charge on any atom is 0.511 e. The van der Waals surface area contributed by atoms with Crippen LogP contribution in [0.5, 0.6) is 0 Å². The van der Waals surface area contributed by atoms with Gasteiger partial charge in [-0.15, -0.1) is 0 Å². The summed E-state index contributed by atoms with van der Waals surface area (Å²) in [4.78, 5) is 8.20. The first kappa shape index (κ1) is 24.8. The van der Waals surface area contributed by atoms with E-state index in [0.29, 0.717) is 24.6 Å². The van der Waals surface area contributed by atoms with Gasteiger partial charge in [-0.1, -0.05) is 13.3 Å². The molecule has 34 heavy (non-hydrogen) atoms. The summed E-state index contributed by atoms with van der Waals surface area (Å²) < 4.78 is 121. The quantitative estimate of drug-likeness (QED) is 0.596. The fraction of sp³-hybridized carbons (Fsp3) is 0.550. The molecule has 0 radical (unpaired) electrons. The highest BCUT2D eigenvalue weighted by atomic mass is 32.2. The van der Waals surface area contributed by atoms with Crippen LogP contribution in [0.2, 0.25) is 0 Å². The molecule has 0 amide bonds. The summed E-state index contributed by atoms with van der Waals surface area (Å²) in [5.74, 6) is -1.79. The zero-order valence-corrected chi connectivity index (χ0v) is 18.7. The molecular weight excluding hydrogens is 493 g/mol. The van der Waals surface area contributed by atoms with Crippen molar-refractivity contribution >= 4 is 15.7 Å². The Bertz CT molecular complexity index is 1160. The third-order valence-electron chi connectivity index (χ3n) is 6.75. The largest absolute Gasteiger partial charge is 0.511 e. The summed E-state index contributed by atoms with van der Waals surface area (Å²) in [6.45, 7) is -0.107. The number of anilines is 1. The third-order valence-corrected chi connectivity index (χ3v) is 8.29. The van der Waals surface area contributed by atoms with Crippen molar-refractivity contribution in [3.8, 4) is 0 Å². The van der Waals surface area contributed by atoms with Crippen molar-refractivity contribution in [1.29, 1.82) is 0 Å². The molecule has 1 N–H and O–H groups in total. The van der Waals surface area contributed by atoms with Crippen LogP contribution in [0.25, 0.3) is 0 Å². The Balaban J connectivity index is 1.94. The molecule has 1 aromatic carbocycles.